The van der Waals surface area contributed by atoms with Crippen molar-refractivity contribution >= 4 is 34.4 Å². The Hall–Kier alpha value is -1.08. The van der Waals surface area contributed by atoms with E-state index < -0.39 is 5.76 Å². The van der Waals surface area contributed by atoms with Gasteiger partial charge >= 0.3 is 0 Å². The molecule has 2 rings (SSSR count). The number of hydrogen-bond donors (Lipinski definition) is 0. The minimum atomic E-state index is -2.50. The van der Waals surface area contributed by atoms with Gasteiger partial charge in [0, 0.05) is 17.2 Å². The predicted octanol–water partition coefficient (Wildman–Crippen LogP) is 4.62. The molecular weight excluding hydrogens is 326 g/mol. The molecule has 0 atom stereocenters. The summed E-state index contributed by atoms with van der Waals surface area (Å²) < 4.78 is 26.6. The zero-order valence-electron chi connectivity index (χ0n) is 12.5. The van der Waals surface area contributed by atoms with E-state index in [-0.39, 0.29) is 5.56 Å². The standard InChI is InChI=1S/C15H18F2N2OS2/c1-3-7-19-13(20)11-9-10(22-14(16)17)5-6-12(11)18-15(19)21-8-4-2/h5-6,9,14H,3-4,7-8H2,1-2H3. The zero-order valence-corrected chi connectivity index (χ0v) is 14.1. The smallest absolute Gasteiger partial charge is 0.287 e. The first-order valence-electron chi connectivity index (χ1n) is 7.19. The van der Waals surface area contributed by atoms with Gasteiger partial charge in [0.2, 0.25) is 0 Å². The lowest BCUT2D eigenvalue weighted by molar-refractivity contribution is 0.252. The third-order valence-electron chi connectivity index (χ3n) is 3.00. The van der Waals surface area contributed by atoms with Gasteiger partial charge in [-0.25, -0.2) is 4.98 Å². The van der Waals surface area contributed by atoms with Crippen molar-refractivity contribution in [3.63, 3.8) is 0 Å². The maximum Gasteiger partial charge on any atom is 0.288 e. The highest BCUT2D eigenvalue weighted by atomic mass is 32.2. The highest BCUT2D eigenvalue weighted by molar-refractivity contribution is 7.99. The molecular formula is C15H18F2N2OS2. The lowest BCUT2D eigenvalue weighted by atomic mass is 10.2. The highest BCUT2D eigenvalue weighted by Gasteiger charge is 2.13. The number of halogens is 2. The van der Waals surface area contributed by atoms with E-state index in [4.69, 9.17) is 0 Å². The van der Waals surface area contributed by atoms with Crippen molar-refractivity contribution in [2.45, 2.75) is 49.0 Å². The molecule has 0 saturated carbocycles. The SMILES string of the molecule is CCCSc1nc2ccc(SC(F)F)cc2c(=O)n1CCC. The average Bonchev–Trinajstić information content (AvgIpc) is 2.48. The van der Waals surface area contributed by atoms with E-state index in [9.17, 15) is 13.6 Å². The first kappa shape index (κ1) is 17.3. The molecule has 1 heterocycles. The first-order chi connectivity index (χ1) is 10.6. The van der Waals surface area contributed by atoms with Crippen LogP contribution in [0, 0.1) is 0 Å². The molecule has 0 unspecified atom stereocenters. The van der Waals surface area contributed by atoms with Gasteiger partial charge < -0.3 is 0 Å². The molecule has 0 aliphatic rings. The van der Waals surface area contributed by atoms with Crippen molar-refractivity contribution in [3.05, 3.63) is 28.6 Å². The molecule has 120 valence electrons. The van der Waals surface area contributed by atoms with E-state index in [2.05, 4.69) is 11.9 Å². The van der Waals surface area contributed by atoms with Gasteiger partial charge in [-0.2, -0.15) is 8.78 Å². The minimum absolute atomic E-state index is 0.151. The minimum Gasteiger partial charge on any atom is -0.287 e. The Bertz CT molecular complexity index is 704. The van der Waals surface area contributed by atoms with Crippen molar-refractivity contribution in [2.75, 3.05) is 5.75 Å². The van der Waals surface area contributed by atoms with Crippen molar-refractivity contribution < 1.29 is 8.78 Å². The number of nitrogens with zero attached hydrogens (tertiary/aromatic N) is 2. The van der Waals surface area contributed by atoms with Crippen molar-refractivity contribution in [1.82, 2.24) is 9.55 Å². The van der Waals surface area contributed by atoms with Gasteiger partial charge in [0.25, 0.3) is 11.3 Å². The van der Waals surface area contributed by atoms with Crippen LogP contribution in [0.25, 0.3) is 10.9 Å². The molecule has 22 heavy (non-hydrogen) atoms. The Morgan fingerprint density at radius 2 is 2.05 bits per heavy atom. The third-order valence-corrected chi connectivity index (χ3v) is 4.88. The molecule has 2 aromatic rings. The van der Waals surface area contributed by atoms with Gasteiger partial charge in [0.05, 0.1) is 10.9 Å². The maximum atomic E-state index is 12.7. The van der Waals surface area contributed by atoms with Crippen LogP contribution < -0.4 is 5.56 Å². The van der Waals surface area contributed by atoms with Crippen LogP contribution in [-0.4, -0.2) is 21.1 Å². The van der Waals surface area contributed by atoms with E-state index >= 15 is 0 Å². The summed E-state index contributed by atoms with van der Waals surface area (Å²) in [6.07, 6.45) is 1.81. The normalized spacial score (nSPS) is 11.5. The Morgan fingerprint density at radius 1 is 1.27 bits per heavy atom. The largest absolute Gasteiger partial charge is 0.288 e. The molecule has 0 saturated heterocycles. The van der Waals surface area contributed by atoms with E-state index in [0.717, 1.165) is 18.6 Å². The zero-order chi connectivity index (χ0) is 16.1. The van der Waals surface area contributed by atoms with Crippen LogP contribution in [0.2, 0.25) is 0 Å². The Balaban J connectivity index is 2.54. The van der Waals surface area contributed by atoms with Crippen molar-refractivity contribution in [3.8, 4) is 0 Å². The predicted molar refractivity (Wildman–Crippen MR) is 89.2 cm³/mol. The summed E-state index contributed by atoms with van der Waals surface area (Å²) >= 11 is 2.00. The van der Waals surface area contributed by atoms with Crippen LogP contribution in [0.1, 0.15) is 26.7 Å². The number of fused-ring (bicyclic) bond motifs is 1. The number of thioether (sulfide) groups is 2. The summed E-state index contributed by atoms with van der Waals surface area (Å²) in [6.45, 7) is 4.65. The fourth-order valence-corrected chi connectivity index (χ4v) is 3.50. The summed E-state index contributed by atoms with van der Waals surface area (Å²) in [4.78, 5) is 17.6. The topological polar surface area (TPSA) is 34.9 Å². The Labute approximate surface area is 136 Å². The Kier molecular flexibility index (Phi) is 6.26. The van der Waals surface area contributed by atoms with E-state index in [1.165, 1.54) is 6.07 Å². The van der Waals surface area contributed by atoms with Gasteiger partial charge in [-0.15, -0.1) is 0 Å². The summed E-state index contributed by atoms with van der Waals surface area (Å²) in [5, 5.41) is 1.11. The monoisotopic (exact) mass is 344 g/mol. The van der Waals surface area contributed by atoms with Crippen LogP contribution in [-0.2, 0) is 6.54 Å². The molecule has 0 radical (unpaired) electrons. The third kappa shape index (κ3) is 4.01. The second kappa shape index (κ2) is 7.97. The van der Waals surface area contributed by atoms with Crippen molar-refractivity contribution in [2.24, 2.45) is 0 Å². The van der Waals surface area contributed by atoms with Gasteiger partial charge in [-0.1, -0.05) is 37.4 Å². The van der Waals surface area contributed by atoms with Crippen LogP contribution >= 0.6 is 23.5 Å². The molecule has 0 aliphatic heterocycles. The number of alkyl halides is 2. The fraction of sp³-hybridized carbons (Fsp3) is 0.467. The number of aromatic nitrogens is 2. The lowest BCUT2D eigenvalue weighted by Gasteiger charge is -2.12. The van der Waals surface area contributed by atoms with Crippen LogP contribution in [0.4, 0.5) is 8.78 Å². The van der Waals surface area contributed by atoms with E-state index in [0.29, 0.717) is 39.3 Å². The van der Waals surface area contributed by atoms with Crippen molar-refractivity contribution in [1.29, 1.82) is 0 Å². The van der Waals surface area contributed by atoms with Crippen LogP contribution in [0.5, 0.6) is 0 Å². The maximum absolute atomic E-state index is 12.7. The number of hydrogen-bond acceptors (Lipinski definition) is 4. The quantitative estimate of drug-likeness (QED) is 0.542. The molecule has 0 fully saturated rings. The van der Waals surface area contributed by atoms with Crippen LogP contribution in [0.15, 0.2) is 33.0 Å². The van der Waals surface area contributed by atoms with Gasteiger partial charge in [0.15, 0.2) is 5.16 Å². The molecule has 0 N–H and O–H groups in total. The summed E-state index contributed by atoms with van der Waals surface area (Å²) in [5.74, 6) is -1.61. The lowest BCUT2D eigenvalue weighted by Crippen LogP contribution is -2.23. The molecule has 0 bridgehead atoms. The second-order valence-corrected chi connectivity index (χ2v) is 6.88. The fourth-order valence-electron chi connectivity index (χ4n) is 2.08. The number of rotatable bonds is 7. The van der Waals surface area contributed by atoms with Gasteiger partial charge in [0.1, 0.15) is 0 Å². The molecule has 1 aromatic carbocycles. The first-order valence-corrected chi connectivity index (χ1v) is 9.05. The van der Waals surface area contributed by atoms with E-state index in [1.807, 2.05) is 6.92 Å². The number of benzene rings is 1. The molecule has 7 heteroatoms. The van der Waals surface area contributed by atoms with E-state index in [1.54, 1.807) is 28.5 Å². The molecule has 1 aromatic heterocycles. The average molecular weight is 344 g/mol. The molecule has 3 nitrogen and oxygen atoms in total. The second-order valence-electron chi connectivity index (χ2n) is 4.76. The molecule has 0 amide bonds. The molecule has 0 aliphatic carbocycles. The van der Waals surface area contributed by atoms with Gasteiger partial charge in [-0.05, 0) is 31.0 Å². The molecule has 0 spiro atoms. The van der Waals surface area contributed by atoms with Crippen LogP contribution in [0.3, 0.4) is 0 Å². The highest BCUT2D eigenvalue weighted by Crippen LogP contribution is 2.27. The summed E-state index contributed by atoms with van der Waals surface area (Å²) in [7, 11) is 0. The Morgan fingerprint density at radius 3 is 2.68 bits per heavy atom. The van der Waals surface area contributed by atoms with Gasteiger partial charge in [-0.3, -0.25) is 9.36 Å². The summed E-state index contributed by atoms with van der Waals surface area (Å²) in [6, 6.07) is 4.75. The summed E-state index contributed by atoms with van der Waals surface area (Å²) in [5.41, 5.74) is 0.414.